The van der Waals surface area contributed by atoms with E-state index in [1.165, 1.54) is 0 Å². The predicted octanol–water partition coefficient (Wildman–Crippen LogP) is 2.35. The van der Waals surface area contributed by atoms with Gasteiger partial charge in [-0.25, -0.2) is 0 Å². The summed E-state index contributed by atoms with van der Waals surface area (Å²) in [6.07, 6.45) is 0.845. The largest absolute Gasteiger partial charge is 0.381 e. The molecule has 2 nitrogen and oxygen atoms in total. The fourth-order valence-electron chi connectivity index (χ4n) is 1.23. The normalized spacial score (nSPS) is 26.4. The Hall–Kier alpha value is -0.410. The van der Waals surface area contributed by atoms with Crippen LogP contribution in [-0.2, 0) is 4.74 Å². The van der Waals surface area contributed by atoms with Crippen molar-refractivity contribution in [3.63, 3.8) is 0 Å². The number of nitrogens with zero attached hydrogens (tertiary/aromatic N) is 1. The van der Waals surface area contributed by atoms with Crippen LogP contribution in [0.3, 0.4) is 0 Å². The molecule has 12 heavy (non-hydrogen) atoms. The molecule has 1 aliphatic heterocycles. The van der Waals surface area contributed by atoms with Crippen LogP contribution in [0, 0.1) is 0 Å². The fraction of sp³-hybridized carbons (Fsp3) is 0.444. The molecule has 0 saturated carbocycles. The van der Waals surface area contributed by atoms with Crippen LogP contribution < -0.4 is 0 Å². The Labute approximate surface area is 84.3 Å². The summed E-state index contributed by atoms with van der Waals surface area (Å²) in [6, 6.07) is 0.144. The van der Waals surface area contributed by atoms with Crippen LogP contribution in [-0.4, -0.2) is 18.2 Å². The molecule has 2 rings (SSSR count). The van der Waals surface area contributed by atoms with E-state index in [-0.39, 0.29) is 28.6 Å². The number of hydrogen-bond acceptors (Lipinski definition) is 2. The summed E-state index contributed by atoms with van der Waals surface area (Å²) in [7, 11) is 0. The Morgan fingerprint density at radius 3 is 3.33 bits per heavy atom. The van der Waals surface area contributed by atoms with E-state index in [4.69, 9.17) is 8.85 Å². The molecule has 0 aliphatic carbocycles. The molecule has 0 bridgehead atoms. The zero-order valence-electron chi connectivity index (χ0n) is 9.43. The first kappa shape index (κ1) is 5.35. The number of ether oxygens (including phenoxy) is 1. The third kappa shape index (κ3) is 1.67. The lowest BCUT2D eigenvalue weighted by atomic mass is 10.0. The lowest BCUT2D eigenvalue weighted by Crippen LogP contribution is -1.99. The summed E-state index contributed by atoms with van der Waals surface area (Å²) < 4.78 is 28.5. The van der Waals surface area contributed by atoms with Gasteiger partial charge in [0.15, 0.2) is 0 Å². The van der Waals surface area contributed by atoms with Crippen molar-refractivity contribution in [1.29, 1.82) is 0 Å². The van der Waals surface area contributed by atoms with Crippen molar-refractivity contribution in [2.75, 3.05) is 13.2 Å². The van der Waals surface area contributed by atoms with Crippen LogP contribution in [0.25, 0.3) is 0 Å². The van der Waals surface area contributed by atoms with E-state index in [9.17, 15) is 0 Å². The monoisotopic (exact) mass is 230 g/mol. The fourth-order valence-corrected chi connectivity index (χ4v) is 1.42. The van der Waals surface area contributed by atoms with E-state index in [1.54, 1.807) is 0 Å². The van der Waals surface area contributed by atoms with E-state index in [2.05, 4.69) is 20.9 Å². The molecule has 1 aromatic rings. The average Bonchev–Trinajstić information content (AvgIpc) is 2.73. The van der Waals surface area contributed by atoms with Crippen molar-refractivity contribution in [2.24, 2.45) is 0 Å². The quantitative estimate of drug-likeness (QED) is 0.740. The molecular formula is C9H10BrNO. The maximum atomic E-state index is 7.78. The van der Waals surface area contributed by atoms with Gasteiger partial charge in [-0.05, 0) is 34.4 Å². The van der Waals surface area contributed by atoms with Crippen LogP contribution in [0.1, 0.15) is 22.1 Å². The minimum absolute atomic E-state index is 0.0258. The molecule has 1 atom stereocenters. The lowest BCUT2D eigenvalue weighted by molar-refractivity contribution is 0.193. The first-order valence-corrected chi connectivity index (χ1v) is 4.61. The summed E-state index contributed by atoms with van der Waals surface area (Å²) in [6.45, 7) is 1.21. The van der Waals surface area contributed by atoms with Crippen molar-refractivity contribution in [3.05, 3.63) is 28.4 Å². The Morgan fingerprint density at radius 2 is 2.58 bits per heavy atom. The molecule has 0 amide bonds. The molecule has 2 heterocycles. The Kier molecular flexibility index (Phi) is 1.58. The molecule has 1 unspecified atom stereocenters. The number of hydrogen-bond donors (Lipinski definition) is 0. The molecule has 1 fully saturated rings. The highest BCUT2D eigenvalue weighted by Crippen LogP contribution is 2.23. The van der Waals surface area contributed by atoms with Crippen molar-refractivity contribution < 1.29 is 8.85 Å². The average molecular weight is 231 g/mol. The van der Waals surface area contributed by atoms with Gasteiger partial charge in [0.05, 0.1) is 10.7 Å². The van der Waals surface area contributed by atoms with Gasteiger partial charge in [-0.1, -0.05) is 0 Å². The predicted molar refractivity (Wildman–Crippen MR) is 50.1 cm³/mol. The van der Waals surface area contributed by atoms with Crippen molar-refractivity contribution >= 4 is 15.9 Å². The highest BCUT2D eigenvalue weighted by atomic mass is 79.9. The number of halogens is 1. The molecule has 64 valence electrons. The first-order chi connectivity index (χ1) is 7.11. The van der Waals surface area contributed by atoms with Gasteiger partial charge < -0.3 is 4.74 Å². The lowest BCUT2D eigenvalue weighted by Gasteiger charge is -2.05. The third-order valence-corrected chi connectivity index (χ3v) is 2.27. The zero-order valence-corrected chi connectivity index (χ0v) is 8.02. The first-order valence-electron chi connectivity index (χ1n) is 5.32. The van der Waals surface area contributed by atoms with Crippen LogP contribution in [0.4, 0.5) is 0 Å². The molecule has 1 saturated heterocycles. The van der Waals surface area contributed by atoms with Gasteiger partial charge >= 0.3 is 0 Å². The standard InChI is InChI=1S/C9H10BrNO/c10-8-1-2-9(11-5-8)7-3-4-12-6-7/h1-2,5,7H,3-4,6H2/i1D,2D,5D. The molecule has 1 aliphatic rings. The minimum atomic E-state index is 0.0258. The molecule has 0 radical (unpaired) electrons. The second-order valence-electron chi connectivity index (χ2n) is 2.73. The summed E-state index contributed by atoms with van der Waals surface area (Å²) in [5, 5.41) is 0. The van der Waals surface area contributed by atoms with Gasteiger partial charge in [0.25, 0.3) is 0 Å². The Bertz CT molecular complexity index is 393. The maximum Gasteiger partial charge on any atom is 0.0852 e. The summed E-state index contributed by atoms with van der Waals surface area (Å²) in [4.78, 5) is 4.05. The van der Waals surface area contributed by atoms with E-state index in [0.717, 1.165) is 6.42 Å². The van der Waals surface area contributed by atoms with Crippen LogP contribution in [0.15, 0.2) is 22.7 Å². The summed E-state index contributed by atoms with van der Waals surface area (Å²) in [5.74, 6) is 0.0683. The molecule has 1 aromatic heterocycles. The van der Waals surface area contributed by atoms with E-state index >= 15 is 0 Å². The van der Waals surface area contributed by atoms with Crippen LogP contribution in [0.5, 0.6) is 0 Å². The van der Waals surface area contributed by atoms with Crippen LogP contribution >= 0.6 is 15.9 Å². The van der Waals surface area contributed by atoms with Crippen LogP contribution in [0.2, 0.25) is 0 Å². The summed E-state index contributed by atoms with van der Waals surface area (Å²) >= 11 is 3.08. The van der Waals surface area contributed by atoms with E-state index in [1.807, 2.05) is 0 Å². The molecule has 0 spiro atoms. The maximum absolute atomic E-state index is 7.78. The third-order valence-electron chi connectivity index (χ3n) is 1.89. The second kappa shape index (κ2) is 3.54. The molecule has 3 heteroatoms. The number of aromatic nitrogens is 1. The topological polar surface area (TPSA) is 22.1 Å². The highest BCUT2D eigenvalue weighted by molar-refractivity contribution is 9.10. The smallest absolute Gasteiger partial charge is 0.0852 e. The summed E-state index contributed by atoms with van der Waals surface area (Å²) in [5.41, 5.74) is 0.519. The van der Waals surface area contributed by atoms with Gasteiger partial charge in [-0.3, -0.25) is 4.98 Å². The Morgan fingerprint density at radius 1 is 1.67 bits per heavy atom. The van der Waals surface area contributed by atoms with Gasteiger partial charge in [0.2, 0.25) is 0 Å². The molecular weight excluding hydrogens is 218 g/mol. The highest BCUT2D eigenvalue weighted by Gasteiger charge is 2.18. The van der Waals surface area contributed by atoms with E-state index < -0.39 is 0 Å². The van der Waals surface area contributed by atoms with E-state index in [0.29, 0.717) is 18.9 Å². The SMILES string of the molecule is [2H]c1nc(C2CCOC2)c([2H])c([2H])c1Br. The number of rotatable bonds is 1. The van der Waals surface area contributed by atoms with Crippen molar-refractivity contribution in [2.45, 2.75) is 12.3 Å². The van der Waals surface area contributed by atoms with Gasteiger partial charge in [0, 0.05) is 28.9 Å². The zero-order chi connectivity index (χ0) is 11.0. The van der Waals surface area contributed by atoms with Gasteiger partial charge in [-0.2, -0.15) is 0 Å². The minimum Gasteiger partial charge on any atom is -0.381 e. The van der Waals surface area contributed by atoms with Gasteiger partial charge in [-0.15, -0.1) is 0 Å². The Balaban J connectivity index is 2.47. The van der Waals surface area contributed by atoms with Crippen molar-refractivity contribution in [1.82, 2.24) is 4.98 Å². The molecule has 0 aromatic carbocycles. The number of pyridine rings is 1. The molecule has 0 N–H and O–H groups in total. The van der Waals surface area contributed by atoms with Crippen molar-refractivity contribution in [3.8, 4) is 0 Å². The van der Waals surface area contributed by atoms with Gasteiger partial charge in [0.1, 0.15) is 0 Å². The second-order valence-corrected chi connectivity index (χ2v) is 3.53.